The summed E-state index contributed by atoms with van der Waals surface area (Å²) >= 11 is 5.16. The molecule has 2 aliphatic heterocycles. The van der Waals surface area contributed by atoms with Gasteiger partial charge in [0.2, 0.25) is 0 Å². The highest BCUT2D eigenvalue weighted by molar-refractivity contribution is 6.76. The molecule has 2 heterocycles. The Morgan fingerprint density at radius 1 is 0.586 bits per heavy atom. The number of benzene rings is 4. The van der Waals surface area contributed by atoms with Crippen molar-refractivity contribution in [2.75, 3.05) is 55.2 Å². The van der Waals surface area contributed by atoms with E-state index in [2.05, 4.69) is 39.3 Å². The fraction of sp³-hybridized carbons (Fsp3) is 0.526. The first kappa shape index (κ1) is 84.8. The monoisotopic (exact) mass is 1440 g/mol. The van der Waals surface area contributed by atoms with E-state index in [9.17, 15) is 28.7 Å². The molecule has 0 saturated carbocycles. The molecule has 8 unspecified atom stereocenters. The lowest BCUT2D eigenvalue weighted by atomic mass is 9.92. The first-order valence-electron chi connectivity index (χ1n) is 33.3. The van der Waals surface area contributed by atoms with Crippen molar-refractivity contribution in [2.24, 2.45) is 11.8 Å². The van der Waals surface area contributed by atoms with Gasteiger partial charge in [0.15, 0.2) is 25.2 Å². The Kier molecular flexibility index (Phi) is 33.4. The Morgan fingerprint density at radius 3 is 1.35 bits per heavy atom. The number of hydrogen-bond acceptors (Lipinski definition) is 18. The highest BCUT2D eigenvalue weighted by Gasteiger charge is 2.47. The Bertz CT molecular complexity index is 3320. The molecule has 4 aromatic rings. The van der Waals surface area contributed by atoms with Crippen LogP contribution in [0.1, 0.15) is 135 Å². The molecule has 0 spiro atoms. The molecule has 0 bridgehead atoms. The Balaban J connectivity index is 0.000000376. The van der Waals surface area contributed by atoms with Crippen molar-refractivity contribution in [1.82, 2.24) is 0 Å². The van der Waals surface area contributed by atoms with E-state index in [1.54, 1.807) is 152 Å². The maximum atomic E-state index is 15.4. The van der Waals surface area contributed by atoms with Crippen LogP contribution in [-0.2, 0) is 42.6 Å². The van der Waals surface area contributed by atoms with E-state index in [4.69, 9.17) is 73.2 Å². The summed E-state index contributed by atoms with van der Waals surface area (Å²) in [4.78, 5) is 50.3. The highest BCUT2D eigenvalue weighted by atomic mass is 35.5. The normalized spacial score (nSPS) is 19.4. The van der Waals surface area contributed by atoms with Crippen molar-refractivity contribution >= 4 is 63.1 Å². The Morgan fingerprint density at radius 2 is 0.980 bits per heavy atom. The van der Waals surface area contributed by atoms with E-state index < -0.39 is 98.8 Å². The van der Waals surface area contributed by atoms with Crippen molar-refractivity contribution in [2.45, 2.75) is 193 Å². The van der Waals surface area contributed by atoms with Gasteiger partial charge in [0.25, 0.3) is 5.24 Å². The van der Waals surface area contributed by atoms with E-state index in [1.807, 2.05) is 18.2 Å². The largest absolute Gasteiger partial charge is 0.497 e. The van der Waals surface area contributed by atoms with Crippen LogP contribution in [0.15, 0.2) is 121 Å². The maximum Gasteiger partial charge on any atom is 0.342 e. The lowest BCUT2D eigenvalue weighted by molar-refractivity contribution is -0.153. The second-order valence-corrected chi connectivity index (χ2v) is 40.0. The molecule has 4 aromatic carbocycles. The number of hydrogen-bond donors (Lipinski definition) is 1. The molecule has 2 fully saturated rings. The van der Waals surface area contributed by atoms with Crippen molar-refractivity contribution in [3.63, 3.8) is 0 Å². The van der Waals surface area contributed by atoms with Gasteiger partial charge >= 0.3 is 17.9 Å². The van der Waals surface area contributed by atoms with Crippen LogP contribution in [0.5, 0.6) is 23.0 Å². The summed E-state index contributed by atoms with van der Waals surface area (Å²) < 4.78 is 105. The van der Waals surface area contributed by atoms with Gasteiger partial charge in [-0.05, 0) is 144 Å². The molecule has 18 nitrogen and oxygen atoms in total. The molecule has 0 amide bonds. The third kappa shape index (κ3) is 28.8. The fourth-order valence-electron chi connectivity index (χ4n) is 9.61. The average Bonchev–Trinajstić information content (AvgIpc) is 1.80. The summed E-state index contributed by atoms with van der Waals surface area (Å²) in [5.74, 6) is -2.61. The standard InChI is InChI=1S/C38H53FO9Si.C31H49FO8Si.C7H5ClO/c1-26(2)38(5,39)20-19-30(46-35(40)27-15-12-11-13-16-27)34-31(47-37(3,4)48-34)18-14-17-28-23-29(43-7)24-32(45-25-42-6)33(28)36(41)44-21-22-49(8,9)10;1-21(2)31(5,32)15-14-24(33)28-25(39-30(3,4)40-28)13-11-12-22-18-23(36-7)19-26(38-20-35-6)27(22)29(34)37-16-17-41(8,9)10;8-7(9)6-4-2-1-3-5-6/h11-17,19-20,23-24,26,30-31,34H,18,21-22,25H2,1-10H3;11-12,14-15,18-19,21,24-25,28,33H,13,16-17,20H2,1-10H3;1-5H/b17-14+,20-19-;12-11+,15-14-;. The van der Waals surface area contributed by atoms with E-state index in [1.165, 1.54) is 60.5 Å². The van der Waals surface area contributed by atoms with Crippen LogP contribution in [0.4, 0.5) is 8.78 Å². The Labute approximate surface area is 592 Å². The average molecular weight is 1440 g/mol. The zero-order chi connectivity index (χ0) is 74.1. The summed E-state index contributed by atoms with van der Waals surface area (Å²) in [6.45, 7) is 30.9. The van der Waals surface area contributed by atoms with Gasteiger partial charge in [-0.2, -0.15) is 0 Å². The molecule has 1 N–H and O–H groups in total. The quantitative estimate of drug-likeness (QED) is 0.0117. The van der Waals surface area contributed by atoms with Crippen LogP contribution < -0.4 is 18.9 Å². The van der Waals surface area contributed by atoms with Gasteiger partial charge in [0, 0.05) is 48.1 Å². The molecule has 0 aromatic heterocycles. The smallest absolute Gasteiger partial charge is 0.342 e. The van der Waals surface area contributed by atoms with Crippen molar-refractivity contribution < 1.29 is 94.6 Å². The topological polar surface area (TPSA) is 208 Å². The molecular formula is C76H107ClF2O18Si2. The minimum absolute atomic E-state index is 0.0599. The summed E-state index contributed by atoms with van der Waals surface area (Å²) in [6.07, 6.45) is 8.97. The Hall–Kier alpha value is -6.58. The molecule has 0 radical (unpaired) electrons. The second kappa shape index (κ2) is 39.0. The highest BCUT2D eigenvalue weighted by Crippen LogP contribution is 2.38. The predicted octanol–water partition coefficient (Wildman–Crippen LogP) is 16.7. The number of halogens is 3. The molecule has 6 rings (SSSR count). The zero-order valence-electron chi connectivity index (χ0n) is 61.5. The van der Waals surface area contributed by atoms with Gasteiger partial charge in [-0.3, -0.25) is 4.79 Å². The van der Waals surface area contributed by atoms with Gasteiger partial charge in [-0.15, -0.1) is 0 Å². The number of carbonyl (C=O) groups excluding carboxylic acids is 4. The van der Waals surface area contributed by atoms with Gasteiger partial charge < -0.3 is 66.7 Å². The summed E-state index contributed by atoms with van der Waals surface area (Å²) in [5, 5.41) is 10.5. The lowest BCUT2D eigenvalue weighted by Crippen LogP contribution is -2.38. The number of allylic oxidation sites excluding steroid dienone is 2. The zero-order valence-corrected chi connectivity index (χ0v) is 64.3. The molecule has 0 aliphatic carbocycles. The minimum Gasteiger partial charge on any atom is -0.497 e. The van der Waals surface area contributed by atoms with Crippen molar-refractivity contribution in [3.8, 4) is 23.0 Å². The van der Waals surface area contributed by atoms with E-state index in [0.717, 1.165) is 12.1 Å². The van der Waals surface area contributed by atoms with Crippen molar-refractivity contribution in [1.29, 1.82) is 0 Å². The van der Waals surface area contributed by atoms with Gasteiger partial charge in [-0.25, -0.2) is 23.2 Å². The summed E-state index contributed by atoms with van der Waals surface area (Å²) in [6, 6.07) is 25.7. The molecule has 23 heteroatoms. The fourth-order valence-corrected chi connectivity index (χ4v) is 11.2. The van der Waals surface area contributed by atoms with Crippen LogP contribution in [0.3, 0.4) is 0 Å². The number of aliphatic hydroxyl groups is 1. The van der Waals surface area contributed by atoms with Crippen LogP contribution in [-0.4, -0.2) is 159 Å². The first-order chi connectivity index (χ1) is 46.3. The number of esters is 3. The van der Waals surface area contributed by atoms with E-state index in [-0.39, 0.29) is 48.0 Å². The van der Waals surface area contributed by atoms with E-state index in [0.29, 0.717) is 59.8 Å². The summed E-state index contributed by atoms with van der Waals surface area (Å²) in [7, 11) is 3.18. The molecule has 8 atom stereocenters. The third-order valence-corrected chi connectivity index (χ3v) is 19.7. The van der Waals surface area contributed by atoms with Gasteiger partial charge in [0.1, 0.15) is 69.9 Å². The molecule has 99 heavy (non-hydrogen) atoms. The maximum absolute atomic E-state index is 15.4. The van der Waals surface area contributed by atoms with Crippen LogP contribution in [0, 0.1) is 11.8 Å². The number of alkyl halides is 2. The third-order valence-electron chi connectivity index (χ3n) is 16.1. The molecule has 2 aliphatic rings. The number of aliphatic hydroxyl groups excluding tert-OH is 1. The van der Waals surface area contributed by atoms with E-state index >= 15 is 4.39 Å². The number of ether oxygens (including phenoxy) is 13. The first-order valence-corrected chi connectivity index (χ1v) is 41.1. The predicted molar refractivity (Wildman–Crippen MR) is 388 cm³/mol. The minimum atomic E-state index is -1.66. The van der Waals surface area contributed by atoms with Crippen LogP contribution in [0.25, 0.3) is 12.2 Å². The van der Waals surface area contributed by atoms with Crippen LogP contribution >= 0.6 is 11.6 Å². The SMILES string of the molecule is COCOc1cc(OC)cc(/C=C/CC2OC(C)(C)OC2C(/C=C\C(C)(F)C(C)C)OC(=O)c2ccccc2)c1C(=O)OCC[Si](C)(C)C.COCOc1cc(OC)cc(/C=C/CC2OC(C)(C)OC2C(O)/C=C\C(C)(F)C(C)C)c1C(=O)OCC[Si](C)(C)C.O=C(Cl)c1ccccc1. The number of carbonyl (C=O) groups is 4. The van der Waals surface area contributed by atoms with Crippen molar-refractivity contribution in [3.05, 3.63) is 155 Å². The summed E-state index contributed by atoms with van der Waals surface area (Å²) in [5.41, 5.74) is -0.788. The lowest BCUT2D eigenvalue weighted by Gasteiger charge is -2.26. The second-order valence-electron chi connectivity index (χ2n) is 28.4. The molecule has 2 saturated heterocycles. The number of rotatable bonds is 33. The van der Waals surface area contributed by atoms with Gasteiger partial charge in [0.05, 0.1) is 45.2 Å². The molecular weight excluding hydrogens is 1330 g/mol. The van der Waals surface area contributed by atoms with Gasteiger partial charge in [-0.1, -0.05) is 146 Å². The van der Waals surface area contributed by atoms with Crippen LogP contribution in [0.2, 0.25) is 51.4 Å². The number of methoxy groups -OCH3 is 4. The molecule has 548 valence electrons.